The summed E-state index contributed by atoms with van der Waals surface area (Å²) in [5, 5.41) is 0. The number of benzene rings is 1. The van der Waals surface area contributed by atoms with Crippen LogP contribution in [0, 0.1) is 23.2 Å². The highest BCUT2D eigenvalue weighted by Gasteiger charge is 2.52. The smallest absolute Gasteiger partial charge is 0.222 e. The third-order valence-corrected chi connectivity index (χ3v) is 7.47. The lowest BCUT2D eigenvalue weighted by molar-refractivity contribution is -0.132. The maximum Gasteiger partial charge on any atom is 0.222 e. The number of carbonyl (C=O) groups is 1. The van der Waals surface area contributed by atoms with Crippen LogP contribution >= 0.6 is 0 Å². The van der Waals surface area contributed by atoms with Gasteiger partial charge >= 0.3 is 0 Å². The summed E-state index contributed by atoms with van der Waals surface area (Å²) in [6.07, 6.45) is 6.10. The molecule has 1 heterocycles. The van der Waals surface area contributed by atoms with Crippen LogP contribution in [0.15, 0.2) is 30.3 Å². The van der Waals surface area contributed by atoms with Crippen LogP contribution in [-0.4, -0.2) is 37.0 Å². The molecule has 1 aromatic rings. The number of amides is 1. The fraction of sp³-hybridized carbons (Fsp3) is 0.682. The zero-order valence-corrected chi connectivity index (χ0v) is 15.8. The summed E-state index contributed by atoms with van der Waals surface area (Å²) in [4.78, 5) is 17.2. The molecule has 3 atom stereocenters. The van der Waals surface area contributed by atoms with Gasteiger partial charge in [-0.15, -0.1) is 0 Å². The number of hydrogen-bond acceptors (Lipinski definition) is 2. The fourth-order valence-corrected chi connectivity index (χ4v) is 5.87. The Morgan fingerprint density at radius 2 is 1.80 bits per heavy atom. The number of piperazine rings is 1. The molecule has 0 spiro atoms. The van der Waals surface area contributed by atoms with E-state index in [1.54, 1.807) is 0 Å². The average Bonchev–Trinajstić information content (AvgIpc) is 3.21. The van der Waals surface area contributed by atoms with Crippen LogP contribution in [0.2, 0.25) is 0 Å². The van der Waals surface area contributed by atoms with Gasteiger partial charge in [0, 0.05) is 38.3 Å². The summed E-state index contributed by atoms with van der Waals surface area (Å²) in [6, 6.07) is 10.6. The van der Waals surface area contributed by atoms with Crippen molar-refractivity contribution in [1.82, 2.24) is 4.90 Å². The van der Waals surface area contributed by atoms with E-state index in [1.807, 2.05) is 0 Å². The Morgan fingerprint density at radius 1 is 1.08 bits per heavy atom. The lowest BCUT2D eigenvalue weighted by Crippen LogP contribution is -2.49. The molecule has 3 unspecified atom stereocenters. The second-order valence-corrected chi connectivity index (χ2v) is 8.94. The van der Waals surface area contributed by atoms with Gasteiger partial charge in [-0.3, -0.25) is 4.79 Å². The predicted octanol–water partition coefficient (Wildman–Crippen LogP) is 4.19. The molecule has 0 radical (unpaired) electrons. The van der Waals surface area contributed by atoms with Crippen LogP contribution in [0.3, 0.4) is 0 Å². The molecule has 2 bridgehead atoms. The van der Waals surface area contributed by atoms with Crippen LogP contribution < -0.4 is 4.90 Å². The summed E-state index contributed by atoms with van der Waals surface area (Å²) in [5.41, 5.74) is 1.73. The lowest BCUT2D eigenvalue weighted by atomic mass is 9.67. The molecular weight excluding hydrogens is 308 g/mol. The van der Waals surface area contributed by atoms with Crippen LogP contribution in [0.5, 0.6) is 0 Å². The van der Waals surface area contributed by atoms with E-state index in [-0.39, 0.29) is 0 Å². The summed E-state index contributed by atoms with van der Waals surface area (Å²) >= 11 is 0. The molecule has 2 saturated carbocycles. The van der Waals surface area contributed by atoms with E-state index in [9.17, 15) is 4.79 Å². The van der Waals surface area contributed by atoms with Crippen LogP contribution in [0.1, 0.15) is 46.0 Å². The van der Waals surface area contributed by atoms with E-state index in [4.69, 9.17) is 0 Å². The van der Waals surface area contributed by atoms with Crippen molar-refractivity contribution >= 4 is 11.6 Å². The second-order valence-electron chi connectivity index (χ2n) is 8.94. The summed E-state index contributed by atoms with van der Waals surface area (Å²) in [6.45, 7) is 8.54. The van der Waals surface area contributed by atoms with Crippen LogP contribution in [-0.2, 0) is 4.79 Å². The molecule has 0 aromatic heterocycles. The van der Waals surface area contributed by atoms with Crippen molar-refractivity contribution in [1.29, 1.82) is 0 Å². The molecule has 4 rings (SSSR count). The van der Waals surface area contributed by atoms with Crippen LogP contribution in [0.25, 0.3) is 0 Å². The fourth-order valence-electron chi connectivity index (χ4n) is 5.87. The molecule has 3 heteroatoms. The van der Waals surface area contributed by atoms with Crippen molar-refractivity contribution in [2.75, 3.05) is 31.1 Å². The van der Waals surface area contributed by atoms with Gasteiger partial charge in [-0.1, -0.05) is 32.0 Å². The zero-order valence-electron chi connectivity index (χ0n) is 15.8. The Bertz CT molecular complexity index is 604. The topological polar surface area (TPSA) is 23.6 Å². The zero-order chi connectivity index (χ0) is 17.4. The van der Waals surface area contributed by atoms with Crippen molar-refractivity contribution in [3.63, 3.8) is 0 Å². The van der Waals surface area contributed by atoms with Crippen molar-refractivity contribution in [2.24, 2.45) is 23.2 Å². The van der Waals surface area contributed by atoms with E-state index in [0.29, 0.717) is 11.3 Å². The minimum Gasteiger partial charge on any atom is -0.368 e. The van der Waals surface area contributed by atoms with E-state index in [0.717, 1.165) is 56.8 Å². The number of carbonyl (C=O) groups excluding carboxylic acids is 1. The minimum atomic E-state index is 0.381. The minimum absolute atomic E-state index is 0.381. The van der Waals surface area contributed by atoms with Crippen molar-refractivity contribution < 1.29 is 4.79 Å². The van der Waals surface area contributed by atoms with E-state index >= 15 is 0 Å². The number of hydrogen-bond donors (Lipinski definition) is 0. The van der Waals surface area contributed by atoms with Gasteiger partial charge < -0.3 is 9.80 Å². The Labute approximate surface area is 152 Å². The number of para-hydroxylation sites is 1. The molecule has 3 nitrogen and oxygen atoms in total. The Morgan fingerprint density at radius 3 is 2.44 bits per heavy atom. The molecule has 1 amide bonds. The first-order valence-electron chi connectivity index (χ1n) is 10.1. The first-order chi connectivity index (χ1) is 12.1. The van der Waals surface area contributed by atoms with Crippen molar-refractivity contribution in [2.45, 2.75) is 46.0 Å². The Balaban J connectivity index is 1.27. The summed E-state index contributed by atoms with van der Waals surface area (Å²) in [7, 11) is 0. The third-order valence-electron chi connectivity index (χ3n) is 7.47. The standard InChI is InChI=1S/C22H32N2O/c1-22(2)18-9-8-17(16-18)20(22)10-11-21(25)24-14-12-23(13-15-24)19-6-4-3-5-7-19/h3-7,17-18,20H,8-16H2,1-2H3. The SMILES string of the molecule is CC1(C)C2CCC(C2)C1CCC(=O)N1CCN(c2ccccc2)CC1. The summed E-state index contributed by atoms with van der Waals surface area (Å²) in [5.74, 6) is 2.95. The first-order valence-corrected chi connectivity index (χ1v) is 10.1. The predicted molar refractivity (Wildman–Crippen MR) is 103 cm³/mol. The molecule has 3 aliphatic rings. The molecule has 1 saturated heterocycles. The Kier molecular flexibility index (Phi) is 4.51. The molecule has 0 N–H and O–H groups in total. The maximum absolute atomic E-state index is 12.7. The first kappa shape index (κ1) is 16.9. The third kappa shape index (κ3) is 3.18. The van der Waals surface area contributed by atoms with Gasteiger partial charge in [-0.25, -0.2) is 0 Å². The normalized spacial score (nSPS) is 30.7. The molecule has 1 aromatic carbocycles. The van der Waals surface area contributed by atoms with E-state index in [1.165, 1.54) is 24.9 Å². The number of fused-ring (bicyclic) bond motifs is 2. The van der Waals surface area contributed by atoms with Crippen molar-refractivity contribution in [3.8, 4) is 0 Å². The van der Waals surface area contributed by atoms with Gasteiger partial charge in [-0.05, 0) is 61.0 Å². The van der Waals surface area contributed by atoms with Crippen molar-refractivity contribution in [3.05, 3.63) is 30.3 Å². The monoisotopic (exact) mass is 340 g/mol. The highest BCUT2D eigenvalue weighted by Crippen LogP contribution is 2.60. The van der Waals surface area contributed by atoms with Gasteiger partial charge in [-0.2, -0.15) is 0 Å². The van der Waals surface area contributed by atoms with Gasteiger partial charge in [0.1, 0.15) is 0 Å². The average molecular weight is 341 g/mol. The molecule has 2 aliphatic carbocycles. The van der Waals surface area contributed by atoms with Gasteiger partial charge in [0.15, 0.2) is 0 Å². The molecular formula is C22H32N2O. The number of rotatable bonds is 4. The second kappa shape index (κ2) is 6.66. The molecule has 25 heavy (non-hydrogen) atoms. The lowest BCUT2D eigenvalue weighted by Gasteiger charge is -2.39. The highest BCUT2D eigenvalue weighted by molar-refractivity contribution is 5.76. The summed E-state index contributed by atoms with van der Waals surface area (Å²) < 4.78 is 0. The molecule has 3 fully saturated rings. The molecule has 1 aliphatic heterocycles. The largest absolute Gasteiger partial charge is 0.368 e. The Hall–Kier alpha value is -1.51. The highest BCUT2D eigenvalue weighted by atomic mass is 16.2. The molecule has 136 valence electrons. The maximum atomic E-state index is 12.7. The number of nitrogens with zero attached hydrogens (tertiary/aromatic N) is 2. The van der Waals surface area contributed by atoms with Gasteiger partial charge in [0.05, 0.1) is 0 Å². The quantitative estimate of drug-likeness (QED) is 0.820. The number of anilines is 1. The van der Waals surface area contributed by atoms with Gasteiger partial charge in [0.25, 0.3) is 0 Å². The van der Waals surface area contributed by atoms with E-state index < -0.39 is 0 Å². The van der Waals surface area contributed by atoms with Gasteiger partial charge in [0.2, 0.25) is 5.91 Å². The van der Waals surface area contributed by atoms with Crippen LogP contribution in [0.4, 0.5) is 5.69 Å². The van der Waals surface area contributed by atoms with E-state index in [2.05, 4.69) is 54.0 Å².